The van der Waals surface area contributed by atoms with Gasteiger partial charge in [-0.1, -0.05) is 27.7 Å². The number of nitrogens with zero attached hydrogens (tertiary/aromatic N) is 2. The molecule has 1 aromatic rings. The fraction of sp³-hybridized carbons (Fsp3) is 0.643. The van der Waals surface area contributed by atoms with Crippen molar-refractivity contribution in [3.8, 4) is 0 Å². The Labute approximate surface area is 104 Å². The maximum absolute atomic E-state index is 9.67. The van der Waals surface area contributed by atoms with Crippen LogP contribution in [-0.4, -0.2) is 23.7 Å². The van der Waals surface area contributed by atoms with Crippen molar-refractivity contribution in [1.29, 1.82) is 0 Å². The van der Waals surface area contributed by atoms with Gasteiger partial charge in [-0.2, -0.15) is 0 Å². The Hall–Kier alpha value is -1.09. The van der Waals surface area contributed by atoms with Crippen LogP contribution in [0.2, 0.25) is 0 Å². The van der Waals surface area contributed by atoms with Gasteiger partial charge in [0.05, 0.1) is 23.7 Å². The molecule has 0 saturated carbocycles. The van der Waals surface area contributed by atoms with Crippen molar-refractivity contribution in [3.05, 3.63) is 24.0 Å². The first-order valence-corrected chi connectivity index (χ1v) is 6.18. The largest absolute Gasteiger partial charge is 0.387 e. The van der Waals surface area contributed by atoms with Gasteiger partial charge in [-0.25, -0.2) is 0 Å². The van der Waals surface area contributed by atoms with E-state index in [1.54, 1.807) is 0 Å². The number of hydrogen-bond donors (Lipinski definition) is 1. The van der Waals surface area contributed by atoms with E-state index in [0.29, 0.717) is 6.42 Å². The van der Waals surface area contributed by atoms with Gasteiger partial charge >= 0.3 is 0 Å². The van der Waals surface area contributed by atoms with Crippen LogP contribution in [0.25, 0.3) is 0 Å². The van der Waals surface area contributed by atoms with E-state index in [1.807, 2.05) is 25.3 Å². The van der Waals surface area contributed by atoms with E-state index < -0.39 is 6.10 Å². The molecule has 0 aliphatic heterocycles. The number of anilines is 1. The highest BCUT2D eigenvalue weighted by Gasteiger charge is 2.14. The average Bonchev–Trinajstić information content (AvgIpc) is 2.26. The Bertz CT molecular complexity index is 340. The summed E-state index contributed by atoms with van der Waals surface area (Å²) in [4.78, 5) is 6.50. The third-order valence-corrected chi connectivity index (χ3v) is 2.65. The number of rotatable bonds is 4. The first kappa shape index (κ1) is 14.0. The van der Waals surface area contributed by atoms with Gasteiger partial charge in [0.25, 0.3) is 0 Å². The van der Waals surface area contributed by atoms with E-state index in [2.05, 4.69) is 37.7 Å². The van der Waals surface area contributed by atoms with Crippen molar-refractivity contribution in [2.45, 2.75) is 40.2 Å². The Kier molecular flexibility index (Phi) is 4.52. The molecule has 96 valence electrons. The molecule has 0 radical (unpaired) electrons. The summed E-state index contributed by atoms with van der Waals surface area (Å²) in [6.45, 7) is 9.57. The Morgan fingerprint density at radius 1 is 1.35 bits per heavy atom. The molecule has 3 nitrogen and oxygen atoms in total. The molecule has 0 amide bonds. The molecule has 0 saturated heterocycles. The average molecular weight is 236 g/mol. The van der Waals surface area contributed by atoms with E-state index in [4.69, 9.17) is 0 Å². The van der Waals surface area contributed by atoms with E-state index in [-0.39, 0.29) is 5.41 Å². The molecule has 0 bridgehead atoms. The minimum absolute atomic E-state index is 0.260. The van der Waals surface area contributed by atoms with Crippen LogP contribution in [0.15, 0.2) is 18.3 Å². The Morgan fingerprint density at radius 3 is 2.41 bits per heavy atom. The molecule has 1 rings (SSSR count). The van der Waals surface area contributed by atoms with Crippen molar-refractivity contribution in [2.24, 2.45) is 5.41 Å². The molecule has 0 aliphatic rings. The quantitative estimate of drug-likeness (QED) is 0.873. The minimum atomic E-state index is -0.447. The maximum Gasteiger partial charge on any atom is 0.0957 e. The topological polar surface area (TPSA) is 36.4 Å². The summed E-state index contributed by atoms with van der Waals surface area (Å²) in [6.07, 6.45) is 2.08. The minimum Gasteiger partial charge on any atom is -0.387 e. The third-order valence-electron chi connectivity index (χ3n) is 2.65. The smallest absolute Gasteiger partial charge is 0.0957 e. The molecule has 0 spiro atoms. The Morgan fingerprint density at radius 2 is 2.00 bits per heavy atom. The standard InChI is InChI=1S/C14H24N2O/c1-6-13(17)12-8-7-11(9-15-12)16(5)10-14(2,3)4/h7-9,13,17H,6,10H2,1-5H3/t13-/m0/s1. The normalized spacial score (nSPS) is 13.5. The number of aliphatic hydroxyl groups excluding tert-OH is 1. The van der Waals surface area contributed by atoms with Crippen molar-refractivity contribution < 1.29 is 5.11 Å². The second kappa shape index (κ2) is 5.50. The third kappa shape index (κ3) is 4.35. The molecule has 0 aliphatic carbocycles. The molecule has 1 atom stereocenters. The lowest BCUT2D eigenvalue weighted by atomic mass is 9.96. The summed E-state index contributed by atoms with van der Waals surface area (Å²) in [5, 5.41) is 9.67. The van der Waals surface area contributed by atoms with Gasteiger partial charge in [0.15, 0.2) is 0 Å². The van der Waals surface area contributed by atoms with Crippen LogP contribution in [0, 0.1) is 5.41 Å². The zero-order valence-corrected chi connectivity index (χ0v) is 11.6. The zero-order chi connectivity index (χ0) is 13.1. The maximum atomic E-state index is 9.67. The second-order valence-electron chi connectivity index (χ2n) is 5.78. The molecular formula is C14H24N2O. The van der Waals surface area contributed by atoms with E-state index in [0.717, 1.165) is 17.9 Å². The molecular weight excluding hydrogens is 212 g/mol. The van der Waals surface area contributed by atoms with E-state index in [9.17, 15) is 5.11 Å². The summed E-state index contributed by atoms with van der Waals surface area (Å²) >= 11 is 0. The van der Waals surface area contributed by atoms with Gasteiger partial charge in [-0.3, -0.25) is 4.98 Å². The summed E-state index contributed by atoms with van der Waals surface area (Å²) < 4.78 is 0. The van der Waals surface area contributed by atoms with Crippen LogP contribution < -0.4 is 4.90 Å². The molecule has 17 heavy (non-hydrogen) atoms. The number of pyridine rings is 1. The molecule has 1 aromatic heterocycles. The van der Waals surface area contributed by atoms with Gasteiger partial charge in [-0.15, -0.1) is 0 Å². The number of hydrogen-bond acceptors (Lipinski definition) is 3. The lowest BCUT2D eigenvalue weighted by Crippen LogP contribution is -2.29. The highest BCUT2D eigenvalue weighted by Crippen LogP contribution is 2.21. The molecule has 0 aromatic carbocycles. The SMILES string of the molecule is CC[C@H](O)c1ccc(N(C)CC(C)(C)C)cn1. The van der Waals surface area contributed by atoms with Gasteiger partial charge < -0.3 is 10.0 Å². The predicted octanol–water partition coefficient (Wildman–Crippen LogP) is 3.01. The zero-order valence-electron chi connectivity index (χ0n) is 11.6. The first-order valence-electron chi connectivity index (χ1n) is 6.18. The van der Waals surface area contributed by atoms with E-state index in [1.165, 1.54) is 0 Å². The van der Waals surface area contributed by atoms with Gasteiger partial charge in [0.1, 0.15) is 0 Å². The summed E-state index contributed by atoms with van der Waals surface area (Å²) in [6, 6.07) is 3.93. The van der Waals surface area contributed by atoms with Gasteiger partial charge in [-0.05, 0) is 24.0 Å². The lowest BCUT2D eigenvalue weighted by Gasteiger charge is -2.28. The second-order valence-corrected chi connectivity index (χ2v) is 5.78. The molecule has 1 heterocycles. The van der Waals surface area contributed by atoms with Crippen molar-refractivity contribution in [1.82, 2.24) is 4.98 Å². The fourth-order valence-corrected chi connectivity index (χ4v) is 1.83. The Balaban J connectivity index is 2.74. The van der Waals surface area contributed by atoms with Gasteiger partial charge in [0.2, 0.25) is 0 Å². The van der Waals surface area contributed by atoms with Crippen molar-refractivity contribution >= 4 is 5.69 Å². The van der Waals surface area contributed by atoms with Crippen LogP contribution in [0.5, 0.6) is 0 Å². The molecule has 0 fully saturated rings. The van der Waals surface area contributed by atoms with E-state index >= 15 is 0 Å². The number of aromatic nitrogens is 1. The van der Waals surface area contributed by atoms with Gasteiger partial charge in [0, 0.05) is 13.6 Å². The van der Waals surface area contributed by atoms with Crippen LogP contribution in [0.3, 0.4) is 0 Å². The monoisotopic (exact) mass is 236 g/mol. The number of aliphatic hydroxyl groups is 1. The lowest BCUT2D eigenvalue weighted by molar-refractivity contribution is 0.169. The van der Waals surface area contributed by atoms with Crippen molar-refractivity contribution in [3.63, 3.8) is 0 Å². The van der Waals surface area contributed by atoms with Crippen LogP contribution in [-0.2, 0) is 0 Å². The van der Waals surface area contributed by atoms with Crippen LogP contribution in [0.4, 0.5) is 5.69 Å². The predicted molar refractivity (Wildman–Crippen MR) is 72.2 cm³/mol. The van der Waals surface area contributed by atoms with Crippen LogP contribution >= 0.6 is 0 Å². The molecule has 3 heteroatoms. The highest BCUT2D eigenvalue weighted by atomic mass is 16.3. The summed E-state index contributed by atoms with van der Waals surface area (Å²) in [5.41, 5.74) is 2.10. The first-order chi connectivity index (χ1) is 7.83. The van der Waals surface area contributed by atoms with Crippen LogP contribution in [0.1, 0.15) is 45.9 Å². The van der Waals surface area contributed by atoms with Crippen molar-refractivity contribution in [2.75, 3.05) is 18.5 Å². The summed E-state index contributed by atoms with van der Waals surface area (Å²) in [7, 11) is 2.07. The highest BCUT2D eigenvalue weighted by molar-refractivity contribution is 5.44. The molecule has 0 unspecified atom stereocenters. The summed E-state index contributed by atoms with van der Waals surface area (Å²) in [5.74, 6) is 0. The fourth-order valence-electron chi connectivity index (χ4n) is 1.83. The molecule has 1 N–H and O–H groups in total.